The lowest BCUT2D eigenvalue weighted by atomic mass is 10.1. The van der Waals surface area contributed by atoms with Crippen LogP contribution < -0.4 is 5.32 Å². The number of ether oxygens (including phenoxy) is 1. The van der Waals surface area contributed by atoms with E-state index in [0.29, 0.717) is 0 Å². The third kappa shape index (κ3) is 5.32. The molecule has 4 heteroatoms. The lowest BCUT2D eigenvalue weighted by Gasteiger charge is -2.32. The zero-order chi connectivity index (χ0) is 14.6. The Labute approximate surface area is 124 Å². The summed E-state index contributed by atoms with van der Waals surface area (Å²) in [6.07, 6.45) is 1.33. The normalized spacial score (nSPS) is 27.9. The molecule has 0 aromatic rings. The zero-order valence-electron chi connectivity index (χ0n) is 13.8. The van der Waals surface area contributed by atoms with Gasteiger partial charge in [0.1, 0.15) is 0 Å². The van der Waals surface area contributed by atoms with Gasteiger partial charge in [-0.05, 0) is 46.2 Å². The van der Waals surface area contributed by atoms with Gasteiger partial charge >= 0.3 is 0 Å². The molecule has 0 radical (unpaired) electrons. The second-order valence-electron chi connectivity index (χ2n) is 7.59. The first kappa shape index (κ1) is 16.2. The molecule has 2 aliphatic rings. The van der Waals surface area contributed by atoms with Crippen LogP contribution in [0.2, 0.25) is 0 Å². The summed E-state index contributed by atoms with van der Waals surface area (Å²) in [4.78, 5) is 5.27. The summed E-state index contributed by atoms with van der Waals surface area (Å²) in [5, 5.41) is 3.62. The van der Waals surface area contributed by atoms with Gasteiger partial charge in [-0.25, -0.2) is 0 Å². The number of hydrogen-bond donors (Lipinski definition) is 1. The predicted molar refractivity (Wildman–Crippen MR) is 84.2 cm³/mol. The first-order valence-corrected chi connectivity index (χ1v) is 8.23. The van der Waals surface area contributed by atoms with Crippen molar-refractivity contribution in [3.63, 3.8) is 0 Å². The number of morpholine rings is 1. The molecule has 1 N–H and O–H groups in total. The molecule has 0 aromatic carbocycles. The maximum Gasteiger partial charge on any atom is 0.0594 e. The molecule has 0 saturated carbocycles. The number of likely N-dealkylation sites (tertiary alicyclic amines) is 1. The van der Waals surface area contributed by atoms with Crippen LogP contribution in [0.1, 0.15) is 34.1 Å². The highest BCUT2D eigenvalue weighted by atomic mass is 16.5. The number of hydrogen-bond acceptors (Lipinski definition) is 4. The van der Waals surface area contributed by atoms with Crippen LogP contribution in [0.3, 0.4) is 0 Å². The Morgan fingerprint density at radius 1 is 1.20 bits per heavy atom. The van der Waals surface area contributed by atoms with Crippen LogP contribution in [0.5, 0.6) is 0 Å². The van der Waals surface area contributed by atoms with Gasteiger partial charge in [-0.3, -0.25) is 4.90 Å². The molecule has 2 rings (SSSR count). The third-order valence-electron chi connectivity index (χ3n) is 4.36. The lowest BCUT2D eigenvalue weighted by molar-refractivity contribution is 0.0183. The molecule has 0 amide bonds. The lowest BCUT2D eigenvalue weighted by Crippen LogP contribution is -2.45. The molecule has 0 bridgehead atoms. The van der Waals surface area contributed by atoms with Gasteiger partial charge in [-0.15, -0.1) is 0 Å². The van der Waals surface area contributed by atoms with E-state index in [4.69, 9.17) is 4.74 Å². The molecule has 118 valence electrons. The van der Waals surface area contributed by atoms with Crippen molar-refractivity contribution in [2.24, 2.45) is 5.92 Å². The molecule has 2 heterocycles. The van der Waals surface area contributed by atoms with Crippen molar-refractivity contribution in [3.05, 3.63) is 0 Å². The summed E-state index contributed by atoms with van der Waals surface area (Å²) in [6.45, 7) is 18.0. The smallest absolute Gasteiger partial charge is 0.0594 e. The molecular formula is C16H33N3O. The first-order chi connectivity index (χ1) is 9.44. The van der Waals surface area contributed by atoms with E-state index >= 15 is 0 Å². The summed E-state index contributed by atoms with van der Waals surface area (Å²) >= 11 is 0. The second kappa shape index (κ2) is 7.21. The molecule has 20 heavy (non-hydrogen) atoms. The zero-order valence-corrected chi connectivity index (χ0v) is 13.8. The van der Waals surface area contributed by atoms with Crippen LogP contribution in [0, 0.1) is 5.92 Å². The Morgan fingerprint density at radius 3 is 2.55 bits per heavy atom. The van der Waals surface area contributed by atoms with Crippen LogP contribution in [-0.4, -0.2) is 73.9 Å². The van der Waals surface area contributed by atoms with Crippen molar-refractivity contribution in [1.29, 1.82) is 0 Å². The van der Waals surface area contributed by atoms with Gasteiger partial charge in [0.05, 0.1) is 13.2 Å². The van der Waals surface area contributed by atoms with E-state index in [1.165, 1.54) is 26.1 Å². The summed E-state index contributed by atoms with van der Waals surface area (Å²) < 4.78 is 5.45. The fraction of sp³-hybridized carbons (Fsp3) is 1.00. The van der Waals surface area contributed by atoms with E-state index in [-0.39, 0.29) is 5.54 Å². The minimum Gasteiger partial charge on any atom is -0.379 e. The highest BCUT2D eigenvalue weighted by Gasteiger charge is 2.29. The van der Waals surface area contributed by atoms with Gasteiger partial charge in [0.15, 0.2) is 0 Å². The highest BCUT2D eigenvalue weighted by molar-refractivity contribution is 4.85. The molecule has 2 atom stereocenters. The first-order valence-electron chi connectivity index (χ1n) is 8.23. The molecule has 0 aliphatic carbocycles. The van der Waals surface area contributed by atoms with Crippen molar-refractivity contribution in [3.8, 4) is 0 Å². The van der Waals surface area contributed by atoms with E-state index in [2.05, 4.69) is 42.8 Å². The van der Waals surface area contributed by atoms with E-state index in [1.807, 2.05) is 0 Å². The van der Waals surface area contributed by atoms with Crippen molar-refractivity contribution < 1.29 is 4.74 Å². The van der Waals surface area contributed by atoms with Crippen molar-refractivity contribution in [2.45, 2.75) is 45.7 Å². The molecule has 2 aliphatic heterocycles. The van der Waals surface area contributed by atoms with Crippen LogP contribution in [0.4, 0.5) is 0 Å². The maximum absolute atomic E-state index is 5.45. The van der Waals surface area contributed by atoms with Crippen LogP contribution in [0.15, 0.2) is 0 Å². The fourth-order valence-corrected chi connectivity index (χ4v) is 3.20. The monoisotopic (exact) mass is 283 g/mol. The molecule has 0 spiro atoms. The van der Waals surface area contributed by atoms with Gasteiger partial charge < -0.3 is 15.0 Å². The van der Waals surface area contributed by atoms with E-state index < -0.39 is 0 Å². The minimum absolute atomic E-state index is 0.232. The van der Waals surface area contributed by atoms with E-state index in [1.54, 1.807) is 0 Å². The van der Waals surface area contributed by atoms with Crippen molar-refractivity contribution in [1.82, 2.24) is 15.1 Å². The van der Waals surface area contributed by atoms with Gasteiger partial charge in [0.25, 0.3) is 0 Å². The van der Waals surface area contributed by atoms with Gasteiger partial charge in [-0.2, -0.15) is 0 Å². The number of nitrogens with zero attached hydrogens (tertiary/aromatic N) is 2. The Hall–Kier alpha value is -0.160. The standard InChI is InChI=1S/C16H33N3O/c1-14(11-17-16(2,3)4)12-18-6-5-15(13-18)19-7-9-20-10-8-19/h14-15,17H,5-13H2,1-4H3. The Bertz CT molecular complexity index is 284. The number of rotatable bonds is 5. The predicted octanol–water partition coefficient (Wildman–Crippen LogP) is 1.42. The number of nitrogens with one attached hydrogen (secondary N) is 1. The highest BCUT2D eigenvalue weighted by Crippen LogP contribution is 2.18. The molecule has 0 aromatic heterocycles. The Morgan fingerprint density at radius 2 is 1.90 bits per heavy atom. The quantitative estimate of drug-likeness (QED) is 0.826. The van der Waals surface area contributed by atoms with Crippen molar-refractivity contribution >= 4 is 0 Å². The molecule has 2 unspecified atom stereocenters. The summed E-state index contributed by atoms with van der Waals surface area (Å²) in [6, 6.07) is 0.765. The Balaban J connectivity index is 1.67. The molecule has 2 fully saturated rings. The van der Waals surface area contributed by atoms with Crippen LogP contribution in [0.25, 0.3) is 0 Å². The van der Waals surface area contributed by atoms with Crippen molar-refractivity contribution in [2.75, 3.05) is 52.5 Å². The fourth-order valence-electron chi connectivity index (χ4n) is 3.20. The second-order valence-corrected chi connectivity index (χ2v) is 7.59. The molecule has 4 nitrogen and oxygen atoms in total. The summed E-state index contributed by atoms with van der Waals surface area (Å²) in [7, 11) is 0. The largest absolute Gasteiger partial charge is 0.379 e. The molecular weight excluding hydrogens is 250 g/mol. The van der Waals surface area contributed by atoms with Crippen LogP contribution >= 0.6 is 0 Å². The minimum atomic E-state index is 0.232. The maximum atomic E-state index is 5.45. The van der Waals surface area contributed by atoms with Gasteiger partial charge in [-0.1, -0.05) is 6.92 Å². The van der Waals surface area contributed by atoms with Gasteiger partial charge in [0, 0.05) is 37.8 Å². The third-order valence-corrected chi connectivity index (χ3v) is 4.36. The van der Waals surface area contributed by atoms with E-state index in [9.17, 15) is 0 Å². The van der Waals surface area contributed by atoms with Crippen LogP contribution in [-0.2, 0) is 4.74 Å². The topological polar surface area (TPSA) is 27.7 Å². The average Bonchev–Trinajstić information content (AvgIpc) is 2.85. The summed E-state index contributed by atoms with van der Waals surface area (Å²) in [5.41, 5.74) is 0.232. The molecule has 2 saturated heterocycles. The average molecular weight is 283 g/mol. The van der Waals surface area contributed by atoms with E-state index in [0.717, 1.165) is 44.8 Å². The summed E-state index contributed by atoms with van der Waals surface area (Å²) in [5.74, 6) is 0.720. The van der Waals surface area contributed by atoms with Gasteiger partial charge in [0.2, 0.25) is 0 Å². The SMILES string of the molecule is CC(CNC(C)(C)C)CN1CCC(N2CCOCC2)C1. The Kier molecular flexibility index (Phi) is 5.84.